The van der Waals surface area contributed by atoms with E-state index in [0.29, 0.717) is 0 Å². The Morgan fingerprint density at radius 3 is 2.67 bits per heavy atom. The Morgan fingerprint density at radius 2 is 2.17 bits per heavy atom. The van der Waals surface area contributed by atoms with Gasteiger partial charge in [0, 0.05) is 25.6 Å². The maximum Gasteiger partial charge on any atom is 0.451 e. The van der Waals surface area contributed by atoms with Gasteiger partial charge in [-0.25, -0.2) is 0 Å². The van der Waals surface area contributed by atoms with Crippen LogP contribution in [-0.2, 0) is 15.0 Å². The van der Waals surface area contributed by atoms with Crippen molar-refractivity contribution in [2.24, 2.45) is 17.4 Å². The number of aliphatic carboxylic acids is 1. The zero-order valence-corrected chi connectivity index (χ0v) is 13.8. The quantitative estimate of drug-likeness (QED) is 0.226. The molecule has 1 fully saturated rings. The Morgan fingerprint density at radius 1 is 1.54 bits per heavy atom. The molecule has 0 aromatic carbocycles. The van der Waals surface area contributed by atoms with E-state index in [0.717, 1.165) is 4.31 Å². The molecule has 0 aromatic rings. The molecule has 0 saturated carbocycles. The van der Waals surface area contributed by atoms with Gasteiger partial charge in [-0.05, 0) is 12.7 Å². The molecule has 24 heavy (non-hydrogen) atoms. The van der Waals surface area contributed by atoms with Gasteiger partial charge in [-0.2, -0.15) is 22.7 Å². The molecule has 8 N–H and O–H groups in total. The van der Waals surface area contributed by atoms with E-state index in [9.17, 15) is 18.3 Å². The van der Waals surface area contributed by atoms with Crippen LogP contribution in [0.3, 0.4) is 0 Å². The van der Waals surface area contributed by atoms with Crippen LogP contribution in [-0.4, -0.2) is 72.2 Å². The first-order chi connectivity index (χ1) is 11.0. The molecular weight excluding hydrogens is 341 g/mol. The van der Waals surface area contributed by atoms with Crippen molar-refractivity contribution in [3.05, 3.63) is 0 Å². The summed E-state index contributed by atoms with van der Waals surface area (Å²) in [6.07, 6.45) is 0.549. The van der Waals surface area contributed by atoms with Gasteiger partial charge in [-0.15, -0.1) is 0 Å². The molecule has 0 spiro atoms. The molecule has 1 aliphatic heterocycles. The van der Waals surface area contributed by atoms with Gasteiger partial charge in [0.2, 0.25) is 0 Å². The zero-order chi connectivity index (χ0) is 18.5. The monoisotopic (exact) mass is 363 g/mol. The van der Waals surface area contributed by atoms with Gasteiger partial charge in [0.15, 0.2) is 0 Å². The number of hydrogen-bond donors (Lipinski definition) is 6. The predicted molar refractivity (Wildman–Crippen MR) is 84.4 cm³/mol. The maximum absolute atomic E-state index is 12.2. The van der Waals surface area contributed by atoms with Crippen LogP contribution >= 0.6 is 0 Å². The van der Waals surface area contributed by atoms with Crippen molar-refractivity contribution < 1.29 is 28.4 Å². The third-order valence-electron chi connectivity index (χ3n) is 3.99. The fraction of sp³-hybridized carbons (Fsp3) is 0.818. The van der Waals surface area contributed by atoms with Gasteiger partial charge in [0.1, 0.15) is 11.6 Å². The lowest BCUT2D eigenvalue weighted by Gasteiger charge is -2.25. The smallest absolute Gasteiger partial charge is 0.451 e. The minimum atomic E-state index is -4.03. The molecule has 0 bridgehead atoms. The summed E-state index contributed by atoms with van der Waals surface area (Å²) in [5, 5.41) is 35.6. The van der Waals surface area contributed by atoms with Crippen LogP contribution in [0.15, 0.2) is 0 Å². The van der Waals surface area contributed by atoms with Crippen molar-refractivity contribution >= 4 is 23.3 Å². The van der Waals surface area contributed by atoms with E-state index >= 15 is 0 Å². The van der Waals surface area contributed by atoms with Gasteiger partial charge in [0.25, 0.3) is 10.2 Å². The van der Waals surface area contributed by atoms with Crippen LogP contribution in [0, 0.1) is 17.2 Å². The number of nitrogens with zero attached hydrogens (tertiary/aromatic N) is 2. The van der Waals surface area contributed by atoms with Crippen molar-refractivity contribution in [2.75, 3.05) is 19.6 Å². The number of nitrogens with one attached hydrogen (secondary N) is 1. The van der Waals surface area contributed by atoms with E-state index in [4.69, 9.17) is 26.8 Å². The Balaban J connectivity index is 2.82. The average Bonchev–Trinajstić information content (AvgIpc) is 2.84. The topological polar surface area (TPSA) is 203 Å². The van der Waals surface area contributed by atoms with Crippen LogP contribution in [0.2, 0.25) is 6.32 Å². The Bertz CT molecular complexity index is 596. The van der Waals surface area contributed by atoms with E-state index in [1.807, 2.05) is 0 Å². The van der Waals surface area contributed by atoms with Crippen molar-refractivity contribution in [2.45, 2.75) is 30.7 Å². The summed E-state index contributed by atoms with van der Waals surface area (Å²) in [5.41, 5.74) is 9.45. The van der Waals surface area contributed by atoms with Gasteiger partial charge in [-0.3, -0.25) is 4.79 Å². The highest BCUT2D eigenvalue weighted by Gasteiger charge is 2.52. The molecule has 1 aliphatic rings. The molecule has 0 amide bonds. The number of carboxylic acid groups (broad SMARTS) is 1. The fourth-order valence-corrected chi connectivity index (χ4v) is 3.88. The maximum atomic E-state index is 12.2. The van der Waals surface area contributed by atoms with Crippen LogP contribution in [0.1, 0.15) is 12.8 Å². The molecule has 0 radical (unpaired) electrons. The second-order valence-corrected chi connectivity index (χ2v) is 7.59. The number of hydrogen-bond acceptors (Lipinski definition) is 8. The van der Waals surface area contributed by atoms with Gasteiger partial charge >= 0.3 is 13.1 Å². The van der Waals surface area contributed by atoms with Crippen molar-refractivity contribution in [3.63, 3.8) is 0 Å². The summed E-state index contributed by atoms with van der Waals surface area (Å²) in [7, 11) is -5.55. The predicted octanol–water partition coefficient (Wildman–Crippen LogP) is -3.36. The van der Waals surface area contributed by atoms with Crippen molar-refractivity contribution in [1.82, 2.24) is 9.03 Å². The van der Waals surface area contributed by atoms with E-state index in [1.165, 1.54) is 0 Å². The minimum Gasteiger partial charge on any atom is -0.480 e. The zero-order valence-electron chi connectivity index (χ0n) is 13.0. The molecule has 1 rings (SSSR count). The first kappa shape index (κ1) is 20.8. The van der Waals surface area contributed by atoms with E-state index in [2.05, 4.69) is 4.72 Å². The molecule has 11 nitrogen and oxygen atoms in total. The third kappa shape index (κ3) is 5.11. The Labute approximate surface area is 140 Å². The van der Waals surface area contributed by atoms with Gasteiger partial charge in [0.05, 0.1) is 6.07 Å². The highest BCUT2D eigenvalue weighted by molar-refractivity contribution is 7.87. The highest BCUT2D eigenvalue weighted by Crippen LogP contribution is 2.31. The largest absolute Gasteiger partial charge is 0.480 e. The summed E-state index contributed by atoms with van der Waals surface area (Å²) in [5.74, 6) is -2.02. The molecule has 136 valence electrons. The average molecular weight is 363 g/mol. The molecule has 3 atom stereocenters. The van der Waals surface area contributed by atoms with Gasteiger partial charge in [-0.1, -0.05) is 6.42 Å². The lowest BCUT2D eigenvalue weighted by atomic mass is 9.78. The lowest BCUT2D eigenvalue weighted by molar-refractivity contribution is -0.144. The normalized spacial score (nSPS) is 26.0. The molecular formula is C11H22BN5O6S. The van der Waals surface area contributed by atoms with Crippen LogP contribution in [0.25, 0.3) is 0 Å². The lowest BCUT2D eigenvalue weighted by Crippen LogP contribution is -2.55. The highest BCUT2D eigenvalue weighted by atomic mass is 32.2. The molecule has 1 unspecified atom stereocenters. The number of carboxylic acids is 1. The Hall–Kier alpha value is -1.27. The van der Waals surface area contributed by atoms with Gasteiger partial charge < -0.3 is 26.6 Å². The van der Waals surface area contributed by atoms with Crippen molar-refractivity contribution in [3.8, 4) is 6.07 Å². The van der Waals surface area contributed by atoms with Crippen LogP contribution in [0.5, 0.6) is 0 Å². The van der Waals surface area contributed by atoms with E-state index in [1.54, 1.807) is 6.07 Å². The second kappa shape index (κ2) is 8.21. The third-order valence-corrected chi connectivity index (χ3v) is 5.48. The first-order valence-electron chi connectivity index (χ1n) is 7.31. The number of carbonyl (C=O) groups is 1. The first-order valence-corrected chi connectivity index (χ1v) is 8.75. The van der Waals surface area contributed by atoms with E-state index in [-0.39, 0.29) is 32.3 Å². The summed E-state index contributed by atoms with van der Waals surface area (Å²) in [6, 6.07) is 0.654. The molecule has 13 heteroatoms. The number of rotatable bonds is 9. The molecule has 1 saturated heterocycles. The summed E-state index contributed by atoms with van der Waals surface area (Å²) >= 11 is 0. The molecule has 0 aromatic heterocycles. The van der Waals surface area contributed by atoms with Crippen LogP contribution < -0.4 is 16.2 Å². The SMILES string of the molecule is N#CC(N)CNS(=O)(=O)N1C[C@H](CCCB(O)O)[C@](N)(C(=O)O)C1. The number of nitrogens with two attached hydrogens (primary N) is 2. The molecule has 0 aliphatic carbocycles. The fourth-order valence-electron chi connectivity index (χ4n) is 2.55. The Kier molecular flexibility index (Phi) is 7.11. The standard InChI is InChI=1S/C11H22BN5O6S/c13-4-9(14)5-16-24(22,23)17-6-8(2-1-3-12(20)21)11(15,7-17)10(18)19/h8-9,16,20-21H,1-3,5-7,14-15H2,(H,18,19)/t8-,9?,11-/m0/s1. The molecule has 1 heterocycles. The minimum absolute atomic E-state index is 0.0359. The summed E-state index contributed by atoms with van der Waals surface area (Å²) in [4.78, 5) is 11.5. The second-order valence-electron chi connectivity index (χ2n) is 5.84. The van der Waals surface area contributed by atoms with Crippen molar-refractivity contribution in [1.29, 1.82) is 5.26 Å². The number of nitriles is 1. The summed E-state index contributed by atoms with van der Waals surface area (Å²) < 4.78 is 27.5. The summed E-state index contributed by atoms with van der Waals surface area (Å²) in [6.45, 7) is -0.853. The van der Waals surface area contributed by atoms with Crippen LogP contribution in [0.4, 0.5) is 0 Å². The van der Waals surface area contributed by atoms with E-state index < -0.39 is 47.3 Å².